The first-order chi connectivity index (χ1) is 29.4. The highest BCUT2D eigenvalue weighted by molar-refractivity contribution is 6.18. The van der Waals surface area contributed by atoms with Crippen molar-refractivity contribution < 1.29 is 4.58 Å². The van der Waals surface area contributed by atoms with Gasteiger partial charge in [-0.05, 0) is 111 Å². The third-order valence-electron chi connectivity index (χ3n) is 11.2. The molecule has 0 unspecified atom stereocenters. The van der Waals surface area contributed by atoms with E-state index in [1.165, 1.54) is 22.8 Å². The van der Waals surface area contributed by atoms with E-state index in [0.29, 0.717) is 0 Å². The molecule has 0 bridgehead atoms. The smallest absolute Gasteiger partial charge is 0.212 e. The van der Waals surface area contributed by atoms with Gasteiger partial charge >= 0.3 is 0 Å². The molecule has 0 aliphatic heterocycles. The summed E-state index contributed by atoms with van der Waals surface area (Å²) < 4.78 is 4.92. The van der Waals surface area contributed by atoms with Gasteiger partial charge in [0.05, 0.1) is 0 Å². The summed E-state index contributed by atoms with van der Waals surface area (Å²) >= 11 is 0. The molecule has 0 atom stereocenters. The Bertz CT molecular complexity index is 1880. The summed E-state index contributed by atoms with van der Waals surface area (Å²) in [4.78, 5) is 9.94. The van der Waals surface area contributed by atoms with Gasteiger partial charge in [-0.1, -0.05) is 55.4 Å². The Morgan fingerprint density at radius 1 is 0.317 bits per heavy atom. The molecule has 6 heteroatoms. The lowest BCUT2D eigenvalue weighted by Crippen LogP contribution is -2.25. The molecular weight excluding hydrogens is 733 g/mol. The number of anilines is 6. The number of hydrogen-bond donors (Lipinski definition) is 0. The first kappa shape index (κ1) is 46.0. The van der Waals surface area contributed by atoms with Crippen LogP contribution in [0.3, 0.4) is 0 Å². The van der Waals surface area contributed by atoms with Crippen LogP contribution in [0.2, 0.25) is 0 Å². The summed E-state index contributed by atoms with van der Waals surface area (Å²) in [5.74, 6) is 0. The van der Waals surface area contributed by atoms with E-state index >= 15 is 0 Å². The molecule has 6 nitrogen and oxygen atoms in total. The molecule has 0 radical (unpaired) electrons. The van der Waals surface area contributed by atoms with Gasteiger partial charge in [-0.2, -0.15) is 4.58 Å². The molecule has 0 spiro atoms. The zero-order valence-corrected chi connectivity index (χ0v) is 38.5. The predicted octanol–water partition coefficient (Wildman–Crippen LogP) is 13.7. The van der Waals surface area contributed by atoms with Crippen LogP contribution >= 0.6 is 0 Å². The van der Waals surface area contributed by atoms with Gasteiger partial charge in [0.25, 0.3) is 0 Å². The van der Waals surface area contributed by atoms with Gasteiger partial charge in [0.2, 0.25) is 17.1 Å². The minimum atomic E-state index is 1.07. The van der Waals surface area contributed by atoms with Gasteiger partial charge in [0, 0.05) is 135 Å². The van der Waals surface area contributed by atoms with Crippen LogP contribution in [0.15, 0.2) is 121 Å². The third kappa shape index (κ3) is 12.0. The fourth-order valence-corrected chi connectivity index (χ4v) is 8.53. The zero-order chi connectivity index (χ0) is 42.7. The molecule has 60 heavy (non-hydrogen) atoms. The number of benzene rings is 4. The van der Waals surface area contributed by atoms with Gasteiger partial charge in [-0.25, -0.2) is 4.58 Å². The Labute approximate surface area is 364 Å². The van der Waals surface area contributed by atoms with E-state index in [4.69, 9.17) is 0 Å². The van der Waals surface area contributed by atoms with Gasteiger partial charge in [-0.3, -0.25) is 0 Å². The topological polar surface area (TPSA) is 19.0 Å². The van der Waals surface area contributed by atoms with Crippen molar-refractivity contribution in [3.8, 4) is 0 Å². The van der Waals surface area contributed by atoms with Crippen LogP contribution in [-0.4, -0.2) is 68.4 Å². The zero-order valence-electron chi connectivity index (χ0n) is 38.5. The molecule has 0 aromatic heterocycles. The minimum Gasteiger partial charge on any atom is -0.372 e. The molecule has 0 heterocycles. The van der Waals surface area contributed by atoms with Crippen LogP contribution in [0.5, 0.6) is 0 Å². The van der Waals surface area contributed by atoms with Crippen molar-refractivity contribution in [2.75, 3.05) is 72.0 Å². The molecule has 5 rings (SSSR count). The van der Waals surface area contributed by atoms with Crippen LogP contribution in [0.4, 0.5) is 45.5 Å². The van der Waals surface area contributed by atoms with Crippen molar-refractivity contribution in [3.63, 3.8) is 0 Å². The average Bonchev–Trinajstić information content (AvgIpc) is 3.28. The SMILES string of the molecule is CCCN(CCC)c1ccc(N(c2ccc(N(CCC)CCC)cc2)c2ccc([N+](=C3C=CC(=[N+](CCC)CCC)C=C3)c3ccc(N(CCC)CCC)cc3)cc2)cc1. The van der Waals surface area contributed by atoms with E-state index in [0.717, 1.165) is 138 Å². The molecule has 0 saturated carbocycles. The fourth-order valence-electron chi connectivity index (χ4n) is 8.53. The lowest BCUT2D eigenvalue weighted by atomic mass is 10.1. The largest absolute Gasteiger partial charge is 0.372 e. The van der Waals surface area contributed by atoms with E-state index in [1.54, 1.807) is 0 Å². The average molecular weight is 809 g/mol. The number of allylic oxidation sites excluding steroid dienone is 4. The first-order valence-electron chi connectivity index (χ1n) is 23.5. The molecular formula is C54H76N6+2. The molecule has 4 aromatic rings. The third-order valence-corrected chi connectivity index (χ3v) is 11.2. The van der Waals surface area contributed by atoms with E-state index in [2.05, 4.69) is 206 Å². The highest BCUT2D eigenvalue weighted by Gasteiger charge is 2.23. The van der Waals surface area contributed by atoms with Crippen molar-refractivity contribution in [2.24, 2.45) is 0 Å². The van der Waals surface area contributed by atoms with Crippen LogP contribution in [0.1, 0.15) is 107 Å². The van der Waals surface area contributed by atoms with E-state index < -0.39 is 0 Å². The normalized spacial score (nSPS) is 12.2. The van der Waals surface area contributed by atoms with Gasteiger partial charge in [0.15, 0.2) is 5.71 Å². The highest BCUT2D eigenvalue weighted by Crippen LogP contribution is 2.38. The Morgan fingerprint density at radius 3 is 0.883 bits per heavy atom. The molecule has 0 fully saturated rings. The van der Waals surface area contributed by atoms with Gasteiger partial charge in [-0.15, -0.1) is 0 Å². The standard InChI is InChI=1S/C54H76N6/c1-9-37-55(38-10-2)45-17-25-49(26-18-45)59(50-27-19-46(20-28-50)56(39-11-3)40-12-4)53-33-35-54(36-34-53)60(51-29-21-47(22-30-51)57(41-13-5)42-14-6)52-31-23-48(24-32-52)58(43-15-7)44-16-8/h17-36H,9-16,37-44H2,1-8H3/q+2. The van der Waals surface area contributed by atoms with Crippen molar-refractivity contribution in [3.05, 3.63) is 121 Å². The Hall–Kier alpha value is -5.10. The maximum Gasteiger partial charge on any atom is 0.212 e. The number of rotatable bonds is 24. The van der Waals surface area contributed by atoms with Crippen LogP contribution in [-0.2, 0) is 0 Å². The summed E-state index contributed by atoms with van der Waals surface area (Å²) in [5, 5.41) is 0. The second-order valence-electron chi connectivity index (χ2n) is 16.2. The molecule has 4 aromatic carbocycles. The summed E-state index contributed by atoms with van der Waals surface area (Å²) in [6.07, 6.45) is 18.3. The van der Waals surface area contributed by atoms with Crippen LogP contribution < -0.4 is 24.2 Å². The van der Waals surface area contributed by atoms with E-state index in [1.807, 2.05) is 0 Å². The van der Waals surface area contributed by atoms with Crippen molar-refractivity contribution in [1.82, 2.24) is 4.58 Å². The maximum atomic E-state index is 2.51. The fraction of sp³-hybridized carbons (Fsp3) is 0.444. The monoisotopic (exact) mass is 809 g/mol. The molecule has 320 valence electrons. The Kier molecular flexibility index (Phi) is 18.6. The number of nitrogens with zero attached hydrogens (tertiary/aromatic N) is 6. The van der Waals surface area contributed by atoms with Crippen molar-refractivity contribution in [1.29, 1.82) is 0 Å². The lowest BCUT2D eigenvalue weighted by molar-refractivity contribution is -0.526. The first-order valence-corrected chi connectivity index (χ1v) is 23.5. The Morgan fingerprint density at radius 2 is 0.583 bits per heavy atom. The lowest BCUT2D eigenvalue weighted by Gasteiger charge is -2.29. The Balaban J connectivity index is 1.60. The number of hydrogen-bond acceptors (Lipinski definition) is 4. The second-order valence-corrected chi connectivity index (χ2v) is 16.2. The van der Waals surface area contributed by atoms with Gasteiger partial charge < -0.3 is 19.6 Å². The van der Waals surface area contributed by atoms with E-state index in [9.17, 15) is 0 Å². The maximum absolute atomic E-state index is 2.51. The molecule has 1 aliphatic rings. The summed E-state index contributed by atoms with van der Waals surface area (Å²) in [6, 6.07) is 36.8. The second kappa shape index (κ2) is 24.2. The summed E-state index contributed by atoms with van der Waals surface area (Å²) in [7, 11) is 0. The molecule has 0 saturated heterocycles. The van der Waals surface area contributed by atoms with E-state index in [-0.39, 0.29) is 0 Å². The molecule has 0 amide bonds. The van der Waals surface area contributed by atoms with Crippen LogP contribution in [0, 0.1) is 0 Å². The highest BCUT2D eigenvalue weighted by atomic mass is 15.2. The quantitative estimate of drug-likeness (QED) is 0.0518. The van der Waals surface area contributed by atoms with Crippen LogP contribution in [0.25, 0.3) is 0 Å². The molecule has 1 aliphatic carbocycles. The minimum absolute atomic E-state index is 1.07. The van der Waals surface area contributed by atoms with Crippen molar-refractivity contribution >= 4 is 56.9 Å². The van der Waals surface area contributed by atoms with Crippen molar-refractivity contribution in [2.45, 2.75) is 107 Å². The molecule has 0 N–H and O–H groups in total. The summed E-state index contributed by atoms with van der Waals surface area (Å²) in [6.45, 7) is 26.7. The summed E-state index contributed by atoms with van der Waals surface area (Å²) in [5.41, 5.74) is 12.0. The van der Waals surface area contributed by atoms with Gasteiger partial charge in [0.1, 0.15) is 13.1 Å². The predicted molar refractivity (Wildman–Crippen MR) is 266 cm³/mol.